The van der Waals surface area contributed by atoms with Crippen LogP contribution in [0.25, 0.3) is 11.3 Å². The molecule has 1 N–H and O–H groups in total. The number of amides is 1. The summed E-state index contributed by atoms with van der Waals surface area (Å²) in [6.45, 7) is 6.76. The number of ether oxygens (including phenoxy) is 1. The average molecular weight is 367 g/mol. The number of rotatable bonds is 1. The Morgan fingerprint density at radius 2 is 2.04 bits per heavy atom. The lowest BCUT2D eigenvalue weighted by Crippen LogP contribution is -2.72. The smallest absolute Gasteiger partial charge is 0.410 e. The van der Waals surface area contributed by atoms with Crippen molar-refractivity contribution in [2.75, 3.05) is 13.1 Å². The number of nitrogens with zero attached hydrogens (tertiary/aromatic N) is 3. The van der Waals surface area contributed by atoms with E-state index in [1.807, 2.05) is 39.4 Å². The largest absolute Gasteiger partial charge is 0.444 e. The van der Waals surface area contributed by atoms with E-state index in [0.29, 0.717) is 13.1 Å². The molecule has 142 valence electrons. The van der Waals surface area contributed by atoms with Gasteiger partial charge in [0.15, 0.2) is 0 Å². The first-order chi connectivity index (χ1) is 12.8. The summed E-state index contributed by atoms with van der Waals surface area (Å²) in [6, 6.07) is 8.49. The number of imidazole rings is 1. The lowest BCUT2D eigenvalue weighted by Gasteiger charge is -2.63. The van der Waals surface area contributed by atoms with Gasteiger partial charge in [0.05, 0.1) is 30.4 Å². The van der Waals surface area contributed by atoms with Crippen LogP contribution in [-0.4, -0.2) is 50.4 Å². The number of aliphatic hydroxyl groups is 1. The predicted octanol–water partition coefficient (Wildman–Crippen LogP) is 3.07. The maximum atomic E-state index is 12.2. The van der Waals surface area contributed by atoms with E-state index in [-0.39, 0.29) is 23.5 Å². The topological polar surface area (TPSA) is 67.6 Å². The molecule has 5 rings (SSSR count). The molecule has 1 saturated carbocycles. The minimum atomic E-state index is -0.494. The molecule has 1 saturated heterocycles. The van der Waals surface area contributed by atoms with Gasteiger partial charge in [-0.3, -0.25) is 0 Å². The summed E-state index contributed by atoms with van der Waals surface area (Å²) in [5, 5.41) is 11.0. The minimum Gasteiger partial charge on any atom is -0.444 e. The van der Waals surface area contributed by atoms with Crippen LogP contribution in [0.1, 0.15) is 38.8 Å². The number of likely N-dealkylation sites (tertiary alicyclic amines) is 1. The van der Waals surface area contributed by atoms with Crippen molar-refractivity contribution in [2.24, 2.45) is 11.3 Å². The van der Waals surface area contributed by atoms with Gasteiger partial charge in [0.2, 0.25) is 0 Å². The van der Waals surface area contributed by atoms with E-state index in [9.17, 15) is 9.90 Å². The highest BCUT2D eigenvalue weighted by Gasteiger charge is 2.63. The maximum Gasteiger partial charge on any atom is 0.410 e. The van der Waals surface area contributed by atoms with Crippen LogP contribution in [0.4, 0.5) is 4.79 Å². The maximum absolute atomic E-state index is 12.2. The van der Waals surface area contributed by atoms with Crippen molar-refractivity contribution in [2.45, 2.75) is 44.9 Å². The molecule has 6 heteroatoms. The normalized spacial score (nSPS) is 27.6. The number of hydrogen-bond donors (Lipinski definition) is 1. The highest BCUT2D eigenvalue weighted by Crippen LogP contribution is 2.59. The number of hydrogen-bond acceptors (Lipinski definition) is 4. The lowest BCUT2D eigenvalue weighted by molar-refractivity contribution is -0.197. The third-order valence-corrected chi connectivity index (χ3v) is 6.27. The molecule has 0 bridgehead atoms. The zero-order valence-electron chi connectivity index (χ0n) is 15.9. The Labute approximate surface area is 158 Å². The molecule has 1 aliphatic carbocycles. The number of aromatic nitrogens is 2. The molecule has 1 amide bonds. The van der Waals surface area contributed by atoms with Crippen molar-refractivity contribution >= 4 is 6.09 Å². The molecular weight excluding hydrogens is 342 g/mol. The van der Waals surface area contributed by atoms with Gasteiger partial charge in [-0.05, 0) is 32.8 Å². The third kappa shape index (κ3) is 2.35. The number of fused-ring (bicyclic) bond motifs is 3. The van der Waals surface area contributed by atoms with Crippen LogP contribution in [0.3, 0.4) is 0 Å². The number of aliphatic hydroxyl groups excluding tert-OH is 1. The van der Waals surface area contributed by atoms with Gasteiger partial charge in [-0.1, -0.05) is 24.3 Å². The molecule has 3 aliphatic rings. The fourth-order valence-electron chi connectivity index (χ4n) is 5.08. The van der Waals surface area contributed by atoms with Crippen LogP contribution in [0.15, 0.2) is 36.8 Å². The van der Waals surface area contributed by atoms with Gasteiger partial charge in [-0.15, -0.1) is 0 Å². The van der Waals surface area contributed by atoms with Crippen LogP contribution in [0.5, 0.6) is 0 Å². The van der Waals surface area contributed by atoms with E-state index in [1.165, 1.54) is 11.1 Å². The van der Waals surface area contributed by atoms with E-state index in [1.54, 1.807) is 4.90 Å². The summed E-state index contributed by atoms with van der Waals surface area (Å²) in [5.74, 6) is 0.141. The molecule has 3 heterocycles. The molecule has 0 unspecified atom stereocenters. The zero-order valence-corrected chi connectivity index (χ0v) is 15.9. The predicted molar refractivity (Wildman–Crippen MR) is 100 cm³/mol. The summed E-state index contributed by atoms with van der Waals surface area (Å²) in [4.78, 5) is 18.2. The number of benzene rings is 1. The van der Waals surface area contributed by atoms with Crippen LogP contribution >= 0.6 is 0 Å². The minimum absolute atomic E-state index is 0.120. The Kier molecular flexibility index (Phi) is 3.33. The lowest BCUT2D eigenvalue weighted by atomic mass is 9.53. The van der Waals surface area contributed by atoms with Crippen LogP contribution in [0, 0.1) is 11.3 Å². The first-order valence-electron chi connectivity index (χ1n) is 9.56. The van der Waals surface area contributed by atoms with Crippen molar-refractivity contribution in [1.82, 2.24) is 14.5 Å². The fraction of sp³-hybridized carbons (Fsp3) is 0.524. The summed E-state index contributed by atoms with van der Waals surface area (Å²) in [6.07, 6.45) is 3.96. The van der Waals surface area contributed by atoms with Gasteiger partial charge in [0, 0.05) is 30.0 Å². The van der Waals surface area contributed by atoms with E-state index in [4.69, 9.17) is 4.74 Å². The molecule has 2 aromatic rings. The van der Waals surface area contributed by atoms with E-state index in [2.05, 4.69) is 27.8 Å². The third-order valence-electron chi connectivity index (χ3n) is 6.27. The van der Waals surface area contributed by atoms with Gasteiger partial charge in [0.1, 0.15) is 5.60 Å². The van der Waals surface area contributed by atoms with Crippen LogP contribution in [0.2, 0.25) is 0 Å². The van der Waals surface area contributed by atoms with E-state index < -0.39 is 11.7 Å². The Morgan fingerprint density at radius 1 is 1.30 bits per heavy atom. The molecule has 1 aromatic heterocycles. The molecular formula is C21H25N3O3. The molecule has 2 fully saturated rings. The van der Waals surface area contributed by atoms with Crippen LogP contribution in [-0.2, 0) is 4.74 Å². The van der Waals surface area contributed by atoms with Crippen molar-refractivity contribution < 1.29 is 14.6 Å². The van der Waals surface area contributed by atoms with E-state index in [0.717, 1.165) is 12.1 Å². The summed E-state index contributed by atoms with van der Waals surface area (Å²) in [7, 11) is 0. The second kappa shape index (κ2) is 5.35. The van der Waals surface area contributed by atoms with E-state index >= 15 is 0 Å². The Bertz CT molecular complexity index is 907. The Hall–Kier alpha value is -2.34. The standard InChI is InChI=1S/C21H25N3O3/c1-20(2,3)27-19(26)23-10-21(11-23)8-15(18(21)25)17-14-7-5-4-6-13(14)16-9-22-12-24(16)17/h4-7,9,12,15,17-18,25H,8,10-11H2,1-3H3/t15-,17+,18-/m0/s1. The monoisotopic (exact) mass is 367 g/mol. The molecule has 27 heavy (non-hydrogen) atoms. The first kappa shape index (κ1) is 16.8. The first-order valence-corrected chi connectivity index (χ1v) is 9.56. The quantitative estimate of drug-likeness (QED) is 0.841. The molecule has 1 aromatic carbocycles. The molecule has 3 atom stereocenters. The molecule has 2 aliphatic heterocycles. The Balaban J connectivity index is 1.32. The SMILES string of the molecule is CC(C)(C)OC(=O)N1CC2(C[C@@H]([C@H]3c4ccccc4-c4cncn43)[C@@H]2O)C1. The Morgan fingerprint density at radius 3 is 2.74 bits per heavy atom. The van der Waals surface area contributed by atoms with Crippen molar-refractivity contribution in [3.05, 3.63) is 42.4 Å². The molecule has 6 nitrogen and oxygen atoms in total. The van der Waals surface area contributed by atoms with Gasteiger partial charge >= 0.3 is 6.09 Å². The van der Waals surface area contributed by atoms with Crippen LogP contribution < -0.4 is 0 Å². The van der Waals surface area contributed by atoms with Crippen molar-refractivity contribution in [1.29, 1.82) is 0 Å². The average Bonchev–Trinajstić information content (AvgIpc) is 3.13. The van der Waals surface area contributed by atoms with Crippen molar-refractivity contribution in [3.8, 4) is 11.3 Å². The highest BCUT2D eigenvalue weighted by atomic mass is 16.6. The summed E-state index contributed by atoms with van der Waals surface area (Å²) in [5.41, 5.74) is 2.91. The number of carbonyl (C=O) groups excluding carboxylic acids is 1. The number of carbonyl (C=O) groups is 1. The van der Waals surface area contributed by atoms with Gasteiger partial charge < -0.3 is 19.3 Å². The summed E-state index contributed by atoms with van der Waals surface area (Å²) < 4.78 is 7.63. The summed E-state index contributed by atoms with van der Waals surface area (Å²) >= 11 is 0. The van der Waals surface area contributed by atoms with Gasteiger partial charge in [-0.25, -0.2) is 9.78 Å². The second-order valence-corrected chi connectivity index (χ2v) is 9.23. The molecule has 0 radical (unpaired) electrons. The zero-order chi connectivity index (χ0) is 19.0. The van der Waals surface area contributed by atoms with Gasteiger partial charge in [-0.2, -0.15) is 0 Å². The van der Waals surface area contributed by atoms with Gasteiger partial charge in [0.25, 0.3) is 0 Å². The second-order valence-electron chi connectivity index (χ2n) is 9.23. The highest BCUT2D eigenvalue weighted by molar-refractivity contribution is 5.70. The fourth-order valence-corrected chi connectivity index (χ4v) is 5.08. The molecule has 1 spiro atoms. The van der Waals surface area contributed by atoms with Crippen molar-refractivity contribution in [3.63, 3.8) is 0 Å².